The minimum atomic E-state index is 0.0560. The lowest BCUT2D eigenvalue weighted by Gasteiger charge is -2.19. The molecule has 18 heavy (non-hydrogen) atoms. The highest BCUT2D eigenvalue weighted by molar-refractivity contribution is 5.35. The lowest BCUT2D eigenvalue weighted by atomic mass is 10.0. The van der Waals surface area contributed by atoms with E-state index >= 15 is 0 Å². The predicted molar refractivity (Wildman–Crippen MR) is 69.5 cm³/mol. The van der Waals surface area contributed by atoms with Gasteiger partial charge in [0.2, 0.25) is 0 Å². The van der Waals surface area contributed by atoms with Crippen molar-refractivity contribution in [2.45, 2.75) is 13.0 Å². The number of aromatic nitrogens is 3. The summed E-state index contributed by atoms with van der Waals surface area (Å²) < 4.78 is 7.22. The van der Waals surface area contributed by atoms with Crippen LogP contribution in [-0.2, 0) is 7.05 Å². The molecule has 0 aromatic carbocycles. The standard InChI is InChI=1S/C13H18N4O/c1-4-15-12(10-5-7-14-8-6-10)13-11(18-3)9-16-17(13)2/h5-9,12,15H,4H2,1-3H3. The van der Waals surface area contributed by atoms with Gasteiger partial charge >= 0.3 is 0 Å². The molecule has 0 fully saturated rings. The number of pyridine rings is 1. The Hall–Kier alpha value is -1.88. The molecular formula is C13H18N4O. The lowest BCUT2D eigenvalue weighted by Crippen LogP contribution is -2.24. The first-order valence-electron chi connectivity index (χ1n) is 5.97. The average molecular weight is 246 g/mol. The van der Waals surface area contributed by atoms with E-state index in [-0.39, 0.29) is 6.04 Å². The van der Waals surface area contributed by atoms with Gasteiger partial charge in [0.1, 0.15) is 5.69 Å². The molecule has 1 unspecified atom stereocenters. The van der Waals surface area contributed by atoms with Gasteiger partial charge in [-0.25, -0.2) is 0 Å². The summed E-state index contributed by atoms with van der Waals surface area (Å²) in [7, 11) is 3.58. The van der Waals surface area contributed by atoms with Crippen molar-refractivity contribution in [2.24, 2.45) is 7.05 Å². The molecule has 2 rings (SSSR count). The van der Waals surface area contributed by atoms with Crippen LogP contribution in [0.15, 0.2) is 30.7 Å². The van der Waals surface area contributed by atoms with E-state index in [1.165, 1.54) is 0 Å². The van der Waals surface area contributed by atoms with Crippen molar-refractivity contribution < 1.29 is 4.74 Å². The number of hydrogen-bond donors (Lipinski definition) is 1. The molecule has 0 amide bonds. The van der Waals surface area contributed by atoms with Crippen LogP contribution in [0.5, 0.6) is 5.75 Å². The number of methoxy groups -OCH3 is 1. The molecule has 0 saturated carbocycles. The fourth-order valence-corrected chi connectivity index (χ4v) is 2.05. The molecule has 0 radical (unpaired) electrons. The maximum Gasteiger partial charge on any atom is 0.161 e. The van der Waals surface area contributed by atoms with Gasteiger partial charge in [0.05, 0.1) is 19.3 Å². The van der Waals surface area contributed by atoms with Crippen LogP contribution >= 0.6 is 0 Å². The van der Waals surface area contributed by atoms with Crippen molar-refractivity contribution >= 4 is 0 Å². The molecule has 0 aliphatic heterocycles. The molecule has 2 aromatic rings. The van der Waals surface area contributed by atoms with E-state index in [1.807, 2.05) is 23.9 Å². The first kappa shape index (κ1) is 12.6. The lowest BCUT2D eigenvalue weighted by molar-refractivity contribution is 0.401. The third-order valence-corrected chi connectivity index (χ3v) is 2.89. The SMILES string of the molecule is CCNC(c1ccncc1)c1c(OC)cnn1C. The number of aryl methyl sites for hydroxylation is 1. The highest BCUT2D eigenvalue weighted by Gasteiger charge is 2.21. The van der Waals surface area contributed by atoms with Gasteiger partial charge in [-0.1, -0.05) is 6.92 Å². The fourth-order valence-electron chi connectivity index (χ4n) is 2.05. The van der Waals surface area contributed by atoms with Crippen molar-refractivity contribution in [1.29, 1.82) is 0 Å². The molecule has 0 saturated heterocycles. The number of hydrogen-bond acceptors (Lipinski definition) is 4. The summed E-state index contributed by atoms with van der Waals surface area (Å²) in [6.07, 6.45) is 5.33. The Morgan fingerprint density at radius 3 is 2.72 bits per heavy atom. The summed E-state index contributed by atoms with van der Waals surface area (Å²) in [5, 5.41) is 7.70. The second kappa shape index (κ2) is 5.64. The van der Waals surface area contributed by atoms with Gasteiger partial charge in [0.25, 0.3) is 0 Å². The maximum atomic E-state index is 5.38. The van der Waals surface area contributed by atoms with Crippen molar-refractivity contribution in [3.8, 4) is 5.75 Å². The quantitative estimate of drug-likeness (QED) is 0.869. The minimum absolute atomic E-state index is 0.0560. The Labute approximate surface area is 107 Å². The first-order chi connectivity index (χ1) is 8.77. The highest BCUT2D eigenvalue weighted by atomic mass is 16.5. The van der Waals surface area contributed by atoms with E-state index in [2.05, 4.69) is 22.3 Å². The fraction of sp³-hybridized carbons (Fsp3) is 0.385. The van der Waals surface area contributed by atoms with Crippen LogP contribution in [0.25, 0.3) is 0 Å². The highest BCUT2D eigenvalue weighted by Crippen LogP contribution is 2.28. The van der Waals surface area contributed by atoms with E-state index in [4.69, 9.17) is 4.74 Å². The molecule has 96 valence electrons. The van der Waals surface area contributed by atoms with E-state index in [0.29, 0.717) is 0 Å². The normalized spacial score (nSPS) is 12.4. The number of ether oxygens (including phenoxy) is 1. The van der Waals surface area contributed by atoms with E-state index < -0.39 is 0 Å². The topological polar surface area (TPSA) is 52.0 Å². The zero-order valence-electron chi connectivity index (χ0n) is 10.9. The van der Waals surface area contributed by atoms with Gasteiger partial charge in [0, 0.05) is 19.4 Å². The van der Waals surface area contributed by atoms with Gasteiger partial charge in [-0.05, 0) is 24.2 Å². The van der Waals surface area contributed by atoms with Crippen molar-refractivity contribution in [2.75, 3.05) is 13.7 Å². The van der Waals surface area contributed by atoms with Crippen LogP contribution in [0, 0.1) is 0 Å². The summed E-state index contributed by atoms with van der Waals surface area (Å²) in [5.41, 5.74) is 2.17. The Balaban J connectivity index is 2.44. The summed E-state index contributed by atoms with van der Waals surface area (Å²) >= 11 is 0. The zero-order chi connectivity index (χ0) is 13.0. The minimum Gasteiger partial charge on any atom is -0.493 e. The number of nitrogens with zero attached hydrogens (tertiary/aromatic N) is 3. The molecule has 5 heteroatoms. The van der Waals surface area contributed by atoms with E-state index in [0.717, 1.165) is 23.6 Å². The summed E-state index contributed by atoms with van der Waals surface area (Å²) in [4.78, 5) is 4.05. The van der Waals surface area contributed by atoms with Crippen LogP contribution in [0.2, 0.25) is 0 Å². The van der Waals surface area contributed by atoms with Gasteiger partial charge in [-0.3, -0.25) is 9.67 Å². The molecule has 0 aliphatic carbocycles. The largest absolute Gasteiger partial charge is 0.493 e. The second-order valence-corrected chi connectivity index (χ2v) is 3.99. The predicted octanol–water partition coefficient (Wildman–Crippen LogP) is 1.52. The van der Waals surface area contributed by atoms with Crippen molar-refractivity contribution in [3.05, 3.63) is 42.0 Å². The van der Waals surface area contributed by atoms with Gasteiger partial charge in [-0.2, -0.15) is 5.10 Å². The molecule has 0 aliphatic rings. The molecule has 2 heterocycles. The first-order valence-corrected chi connectivity index (χ1v) is 5.97. The Morgan fingerprint density at radius 1 is 1.39 bits per heavy atom. The molecule has 0 bridgehead atoms. The maximum absolute atomic E-state index is 5.38. The van der Waals surface area contributed by atoms with Crippen LogP contribution in [0.3, 0.4) is 0 Å². The average Bonchev–Trinajstić information content (AvgIpc) is 2.78. The molecule has 2 aromatic heterocycles. The Kier molecular flexibility index (Phi) is 3.94. The van der Waals surface area contributed by atoms with Crippen molar-refractivity contribution in [1.82, 2.24) is 20.1 Å². The van der Waals surface area contributed by atoms with Gasteiger partial charge < -0.3 is 10.1 Å². The summed E-state index contributed by atoms with van der Waals surface area (Å²) in [5.74, 6) is 0.792. The van der Waals surface area contributed by atoms with Crippen molar-refractivity contribution in [3.63, 3.8) is 0 Å². The zero-order valence-corrected chi connectivity index (χ0v) is 10.9. The molecule has 1 atom stereocenters. The Bertz CT molecular complexity index is 495. The summed E-state index contributed by atoms with van der Waals surface area (Å²) in [6.45, 7) is 2.94. The van der Waals surface area contributed by atoms with Gasteiger partial charge in [0.15, 0.2) is 5.75 Å². The van der Waals surface area contributed by atoms with Crippen LogP contribution in [0.4, 0.5) is 0 Å². The monoisotopic (exact) mass is 246 g/mol. The molecule has 1 N–H and O–H groups in total. The van der Waals surface area contributed by atoms with Crippen LogP contribution in [0.1, 0.15) is 24.2 Å². The summed E-state index contributed by atoms with van der Waals surface area (Å²) in [6, 6.07) is 4.06. The number of rotatable bonds is 5. The Morgan fingerprint density at radius 2 is 2.11 bits per heavy atom. The van der Waals surface area contributed by atoms with Crippen LogP contribution in [-0.4, -0.2) is 28.4 Å². The van der Waals surface area contributed by atoms with Crippen LogP contribution < -0.4 is 10.1 Å². The van der Waals surface area contributed by atoms with E-state index in [1.54, 1.807) is 25.7 Å². The van der Waals surface area contributed by atoms with E-state index in [9.17, 15) is 0 Å². The second-order valence-electron chi connectivity index (χ2n) is 3.99. The number of nitrogens with one attached hydrogen (secondary N) is 1. The molecular weight excluding hydrogens is 228 g/mol. The van der Waals surface area contributed by atoms with Gasteiger partial charge in [-0.15, -0.1) is 0 Å². The smallest absolute Gasteiger partial charge is 0.161 e. The third kappa shape index (κ3) is 2.36. The third-order valence-electron chi connectivity index (χ3n) is 2.89. The molecule has 0 spiro atoms. The molecule has 5 nitrogen and oxygen atoms in total.